The van der Waals surface area contributed by atoms with E-state index in [2.05, 4.69) is 38.4 Å². The molecule has 0 saturated carbocycles. The molecule has 4 aromatic rings. The maximum atomic E-state index is 11.3. The number of anilines is 2. The molecule has 5 rings (SSSR count). The maximum Gasteiger partial charge on any atom is 0.219 e. The third-order valence-electron chi connectivity index (χ3n) is 5.35. The standard InChI is InChI=1S/C23H23N7O2S/c1-14(31)25-11-15-3-2-4-16(9-15)19-10-18-20(33-19)22(30-5-7-32-8-6-30)29-21(28-18)17-12-26-23(24)27-13-17/h2-4,9-10,12-13H,5-8,11H2,1H3,(H,25,31)(H2,24,26,27). The molecule has 33 heavy (non-hydrogen) atoms. The van der Waals surface area contributed by atoms with Gasteiger partial charge in [-0.2, -0.15) is 0 Å². The number of nitrogens with one attached hydrogen (secondary N) is 1. The Morgan fingerprint density at radius 3 is 2.70 bits per heavy atom. The van der Waals surface area contributed by atoms with Crippen LogP contribution in [-0.4, -0.2) is 52.1 Å². The number of nitrogens with two attached hydrogens (primary N) is 1. The molecule has 168 valence electrons. The van der Waals surface area contributed by atoms with Crippen LogP contribution in [0.3, 0.4) is 0 Å². The van der Waals surface area contributed by atoms with Gasteiger partial charge in [0.2, 0.25) is 11.9 Å². The molecule has 0 atom stereocenters. The smallest absolute Gasteiger partial charge is 0.219 e. The van der Waals surface area contributed by atoms with Crippen molar-refractivity contribution in [1.29, 1.82) is 0 Å². The lowest BCUT2D eigenvalue weighted by Gasteiger charge is -2.28. The number of fused-ring (bicyclic) bond motifs is 1. The fourth-order valence-corrected chi connectivity index (χ4v) is 4.80. The van der Waals surface area contributed by atoms with Crippen LogP contribution in [-0.2, 0) is 16.1 Å². The molecule has 3 aromatic heterocycles. The van der Waals surface area contributed by atoms with Crippen molar-refractivity contribution in [3.05, 3.63) is 48.3 Å². The highest BCUT2D eigenvalue weighted by atomic mass is 32.1. The van der Waals surface area contributed by atoms with Gasteiger partial charge >= 0.3 is 0 Å². The zero-order chi connectivity index (χ0) is 22.8. The quantitative estimate of drug-likeness (QED) is 0.466. The zero-order valence-electron chi connectivity index (χ0n) is 18.1. The van der Waals surface area contributed by atoms with Crippen LogP contribution in [0.2, 0.25) is 0 Å². The third-order valence-corrected chi connectivity index (χ3v) is 6.52. The van der Waals surface area contributed by atoms with E-state index >= 15 is 0 Å². The van der Waals surface area contributed by atoms with Crippen LogP contribution in [0.4, 0.5) is 11.8 Å². The number of nitrogen functional groups attached to an aromatic ring is 1. The largest absolute Gasteiger partial charge is 0.378 e. The van der Waals surface area contributed by atoms with Gasteiger partial charge in [-0.05, 0) is 23.3 Å². The number of thiophene rings is 1. The van der Waals surface area contributed by atoms with Crippen molar-refractivity contribution in [3.63, 3.8) is 0 Å². The lowest BCUT2D eigenvalue weighted by molar-refractivity contribution is -0.119. The third kappa shape index (κ3) is 4.62. The van der Waals surface area contributed by atoms with E-state index in [4.69, 9.17) is 20.4 Å². The van der Waals surface area contributed by atoms with Gasteiger partial charge in [0.15, 0.2) is 11.6 Å². The minimum Gasteiger partial charge on any atom is -0.378 e. The lowest BCUT2D eigenvalue weighted by atomic mass is 10.1. The summed E-state index contributed by atoms with van der Waals surface area (Å²) in [5.74, 6) is 1.62. The SMILES string of the molecule is CC(=O)NCc1cccc(-c2cc3nc(-c4cnc(N)nc4)nc(N4CCOCC4)c3s2)c1. The van der Waals surface area contributed by atoms with E-state index < -0.39 is 0 Å². The number of ether oxygens (including phenoxy) is 1. The van der Waals surface area contributed by atoms with Gasteiger partial charge in [0, 0.05) is 43.8 Å². The van der Waals surface area contributed by atoms with Gasteiger partial charge in [0.25, 0.3) is 0 Å². The fraction of sp³-hybridized carbons (Fsp3) is 0.261. The molecule has 1 fully saturated rings. The van der Waals surface area contributed by atoms with Crippen molar-refractivity contribution in [1.82, 2.24) is 25.3 Å². The van der Waals surface area contributed by atoms with Crippen molar-refractivity contribution in [3.8, 4) is 21.8 Å². The number of nitrogens with zero attached hydrogens (tertiary/aromatic N) is 5. The Bertz CT molecular complexity index is 1300. The Labute approximate surface area is 194 Å². The van der Waals surface area contributed by atoms with Crippen LogP contribution in [0, 0.1) is 0 Å². The number of amides is 1. The van der Waals surface area contributed by atoms with E-state index in [0.717, 1.165) is 45.1 Å². The number of hydrogen-bond acceptors (Lipinski definition) is 9. The number of benzene rings is 1. The molecule has 0 unspecified atom stereocenters. The topological polar surface area (TPSA) is 119 Å². The summed E-state index contributed by atoms with van der Waals surface area (Å²) in [6, 6.07) is 10.3. The second-order valence-electron chi connectivity index (χ2n) is 7.74. The van der Waals surface area contributed by atoms with Crippen LogP contribution in [0.1, 0.15) is 12.5 Å². The molecule has 10 heteroatoms. The molecule has 0 bridgehead atoms. The zero-order valence-corrected chi connectivity index (χ0v) is 18.9. The lowest BCUT2D eigenvalue weighted by Crippen LogP contribution is -2.36. The Kier molecular flexibility index (Phi) is 5.84. The second-order valence-corrected chi connectivity index (χ2v) is 8.79. The van der Waals surface area contributed by atoms with E-state index in [9.17, 15) is 4.79 Å². The normalized spacial score (nSPS) is 13.9. The average Bonchev–Trinajstić information content (AvgIpc) is 3.28. The van der Waals surface area contributed by atoms with Crippen LogP contribution < -0.4 is 16.0 Å². The molecular weight excluding hydrogens is 438 g/mol. The Morgan fingerprint density at radius 1 is 1.15 bits per heavy atom. The predicted molar refractivity (Wildman–Crippen MR) is 129 cm³/mol. The van der Waals surface area contributed by atoms with Gasteiger partial charge in [0.05, 0.1) is 29.0 Å². The first-order chi connectivity index (χ1) is 16.1. The van der Waals surface area contributed by atoms with Crippen molar-refractivity contribution >= 4 is 39.2 Å². The highest BCUT2D eigenvalue weighted by Crippen LogP contribution is 2.39. The van der Waals surface area contributed by atoms with Gasteiger partial charge < -0.3 is 20.7 Å². The van der Waals surface area contributed by atoms with E-state index in [-0.39, 0.29) is 11.9 Å². The number of rotatable bonds is 5. The van der Waals surface area contributed by atoms with Gasteiger partial charge in [-0.25, -0.2) is 19.9 Å². The molecule has 9 nitrogen and oxygen atoms in total. The summed E-state index contributed by atoms with van der Waals surface area (Å²) >= 11 is 1.66. The number of carbonyl (C=O) groups excluding carboxylic acids is 1. The second kappa shape index (κ2) is 9.08. The molecular formula is C23H23N7O2S. The Morgan fingerprint density at radius 2 is 1.94 bits per heavy atom. The average molecular weight is 462 g/mol. The summed E-state index contributed by atoms with van der Waals surface area (Å²) in [5, 5.41) is 2.85. The number of carbonyl (C=O) groups is 1. The van der Waals surface area contributed by atoms with Crippen LogP contribution in [0.5, 0.6) is 0 Å². The number of morpholine rings is 1. The highest BCUT2D eigenvalue weighted by molar-refractivity contribution is 7.22. The highest BCUT2D eigenvalue weighted by Gasteiger charge is 2.21. The fourth-order valence-electron chi connectivity index (χ4n) is 3.69. The summed E-state index contributed by atoms with van der Waals surface area (Å²) in [6.07, 6.45) is 3.29. The summed E-state index contributed by atoms with van der Waals surface area (Å²) in [6.45, 7) is 4.87. The summed E-state index contributed by atoms with van der Waals surface area (Å²) in [7, 11) is 0. The predicted octanol–water partition coefficient (Wildman–Crippen LogP) is 2.87. The molecule has 1 aliphatic heterocycles. The van der Waals surface area contributed by atoms with E-state index in [1.165, 1.54) is 6.92 Å². The molecule has 1 aromatic carbocycles. The molecule has 0 aliphatic carbocycles. The molecule has 3 N–H and O–H groups in total. The first kappa shape index (κ1) is 21.2. The molecule has 4 heterocycles. The molecule has 1 aliphatic rings. The van der Waals surface area contributed by atoms with E-state index in [1.54, 1.807) is 23.7 Å². The Hall–Kier alpha value is -3.63. The Balaban J connectivity index is 1.59. The molecule has 1 amide bonds. The van der Waals surface area contributed by atoms with Crippen LogP contribution in [0.15, 0.2) is 42.7 Å². The molecule has 0 spiro atoms. The number of hydrogen-bond donors (Lipinski definition) is 2. The van der Waals surface area contributed by atoms with Crippen molar-refractivity contribution in [2.24, 2.45) is 0 Å². The van der Waals surface area contributed by atoms with Crippen molar-refractivity contribution in [2.75, 3.05) is 36.9 Å². The van der Waals surface area contributed by atoms with Gasteiger partial charge in [0.1, 0.15) is 0 Å². The van der Waals surface area contributed by atoms with E-state index in [1.807, 2.05) is 12.1 Å². The number of aromatic nitrogens is 4. The molecule has 0 radical (unpaired) electrons. The minimum atomic E-state index is -0.0492. The van der Waals surface area contributed by atoms with Crippen LogP contribution >= 0.6 is 11.3 Å². The van der Waals surface area contributed by atoms with E-state index in [0.29, 0.717) is 31.1 Å². The monoisotopic (exact) mass is 461 g/mol. The van der Waals surface area contributed by atoms with Gasteiger partial charge in [-0.1, -0.05) is 18.2 Å². The van der Waals surface area contributed by atoms with Crippen LogP contribution in [0.25, 0.3) is 32.0 Å². The maximum absolute atomic E-state index is 11.3. The first-order valence-corrected chi connectivity index (χ1v) is 11.4. The minimum absolute atomic E-state index is 0.0492. The summed E-state index contributed by atoms with van der Waals surface area (Å²) in [4.78, 5) is 32.5. The molecule has 1 saturated heterocycles. The first-order valence-electron chi connectivity index (χ1n) is 10.6. The van der Waals surface area contributed by atoms with Crippen molar-refractivity contribution in [2.45, 2.75) is 13.5 Å². The van der Waals surface area contributed by atoms with Gasteiger partial charge in [-0.3, -0.25) is 4.79 Å². The van der Waals surface area contributed by atoms with Crippen molar-refractivity contribution < 1.29 is 9.53 Å². The van der Waals surface area contributed by atoms with Gasteiger partial charge in [-0.15, -0.1) is 11.3 Å². The summed E-state index contributed by atoms with van der Waals surface area (Å²) in [5.41, 5.74) is 9.35. The summed E-state index contributed by atoms with van der Waals surface area (Å²) < 4.78 is 6.57.